The van der Waals surface area contributed by atoms with Crippen molar-refractivity contribution in [2.24, 2.45) is 5.73 Å². The van der Waals surface area contributed by atoms with E-state index >= 15 is 0 Å². The van der Waals surface area contributed by atoms with Crippen LogP contribution < -0.4 is 5.73 Å². The number of nitro benzene ring substituents is 1. The number of methoxy groups -OCH3 is 1. The van der Waals surface area contributed by atoms with Crippen LogP contribution in [0.5, 0.6) is 5.75 Å². The second kappa shape index (κ2) is 6.02. The Morgan fingerprint density at radius 3 is 2.65 bits per heavy atom. The predicted octanol–water partition coefficient (Wildman–Crippen LogP) is 0.895. The number of aromatic hydroxyl groups is 1. The van der Waals surface area contributed by atoms with E-state index in [1.807, 2.05) is 0 Å². The number of hydrogen-bond acceptors (Lipinski definition) is 6. The van der Waals surface area contributed by atoms with Crippen LogP contribution >= 0.6 is 12.4 Å². The van der Waals surface area contributed by atoms with E-state index in [0.29, 0.717) is 0 Å². The van der Waals surface area contributed by atoms with Crippen molar-refractivity contribution in [1.82, 2.24) is 0 Å². The minimum atomic E-state index is -1.25. The Bertz CT molecular complexity index is 437. The van der Waals surface area contributed by atoms with E-state index in [0.717, 1.165) is 25.3 Å². The van der Waals surface area contributed by atoms with Crippen LogP contribution in [-0.4, -0.2) is 23.1 Å². The van der Waals surface area contributed by atoms with E-state index in [2.05, 4.69) is 4.74 Å². The summed E-state index contributed by atoms with van der Waals surface area (Å²) in [4.78, 5) is 21.0. The van der Waals surface area contributed by atoms with Crippen molar-refractivity contribution in [1.29, 1.82) is 0 Å². The van der Waals surface area contributed by atoms with Gasteiger partial charge in [0.25, 0.3) is 5.69 Å². The number of nitro groups is 1. The number of halogens is 1. The molecule has 3 N–H and O–H groups in total. The second-order valence-electron chi connectivity index (χ2n) is 3.00. The summed E-state index contributed by atoms with van der Waals surface area (Å²) in [5, 5.41) is 19.9. The summed E-state index contributed by atoms with van der Waals surface area (Å²) in [5.74, 6) is -1.07. The molecule has 1 rings (SSSR count). The van der Waals surface area contributed by atoms with Crippen molar-refractivity contribution in [3.05, 3.63) is 33.9 Å². The number of carbonyl (C=O) groups excluding carboxylic acids is 1. The van der Waals surface area contributed by atoms with E-state index in [4.69, 9.17) is 5.73 Å². The highest BCUT2D eigenvalue weighted by atomic mass is 35.5. The number of phenols is 1. The zero-order valence-electron chi connectivity index (χ0n) is 8.82. The molecule has 0 amide bonds. The van der Waals surface area contributed by atoms with Gasteiger partial charge in [-0.15, -0.1) is 12.4 Å². The lowest BCUT2D eigenvalue weighted by Gasteiger charge is -2.10. The number of carbonyl (C=O) groups is 1. The number of ether oxygens (including phenoxy) is 1. The molecule has 0 heterocycles. The van der Waals surface area contributed by atoms with E-state index in [-0.39, 0.29) is 29.4 Å². The molecular formula is C9H11ClN2O5. The Morgan fingerprint density at radius 1 is 1.59 bits per heavy atom. The summed E-state index contributed by atoms with van der Waals surface area (Å²) in [6.45, 7) is 0. The molecule has 0 aromatic heterocycles. The van der Waals surface area contributed by atoms with Crippen LogP contribution in [0.3, 0.4) is 0 Å². The molecule has 1 aromatic rings. The van der Waals surface area contributed by atoms with Gasteiger partial charge < -0.3 is 15.6 Å². The van der Waals surface area contributed by atoms with Crippen LogP contribution in [0.2, 0.25) is 0 Å². The average Bonchev–Trinajstić information content (AvgIpc) is 2.27. The zero-order valence-corrected chi connectivity index (χ0v) is 9.64. The van der Waals surface area contributed by atoms with Crippen molar-refractivity contribution in [2.75, 3.05) is 7.11 Å². The first-order valence-corrected chi connectivity index (χ1v) is 4.28. The fourth-order valence-corrected chi connectivity index (χ4v) is 1.16. The predicted molar refractivity (Wildman–Crippen MR) is 61.0 cm³/mol. The number of non-ortho nitro benzene ring substituents is 1. The third kappa shape index (κ3) is 3.30. The Morgan fingerprint density at radius 2 is 2.18 bits per heavy atom. The van der Waals surface area contributed by atoms with Gasteiger partial charge in [-0.05, 0) is 6.07 Å². The van der Waals surface area contributed by atoms with Gasteiger partial charge in [0, 0.05) is 17.7 Å². The highest BCUT2D eigenvalue weighted by Gasteiger charge is 2.22. The number of benzene rings is 1. The number of hydrogen-bond donors (Lipinski definition) is 2. The van der Waals surface area contributed by atoms with Crippen LogP contribution in [0, 0.1) is 10.1 Å². The second-order valence-corrected chi connectivity index (χ2v) is 3.00. The maximum Gasteiger partial charge on any atom is 0.327 e. The highest BCUT2D eigenvalue weighted by Crippen LogP contribution is 2.27. The molecule has 0 saturated carbocycles. The number of phenolic OH excluding ortho intramolecular Hbond substituents is 1. The van der Waals surface area contributed by atoms with E-state index in [1.54, 1.807) is 0 Å². The van der Waals surface area contributed by atoms with Crippen molar-refractivity contribution in [3.63, 3.8) is 0 Å². The van der Waals surface area contributed by atoms with Crippen molar-refractivity contribution in [3.8, 4) is 5.75 Å². The number of nitrogens with two attached hydrogens (primary N) is 1. The van der Waals surface area contributed by atoms with Gasteiger partial charge in [0.1, 0.15) is 11.8 Å². The monoisotopic (exact) mass is 262 g/mol. The minimum absolute atomic E-state index is 0. The Hall–Kier alpha value is -1.86. The van der Waals surface area contributed by atoms with Crippen LogP contribution in [0.25, 0.3) is 0 Å². The summed E-state index contributed by atoms with van der Waals surface area (Å²) >= 11 is 0. The Labute approximate surface area is 103 Å². The first kappa shape index (κ1) is 15.1. The summed E-state index contributed by atoms with van der Waals surface area (Å²) < 4.78 is 4.38. The quantitative estimate of drug-likeness (QED) is 0.475. The van der Waals surface area contributed by atoms with Gasteiger partial charge in [0.15, 0.2) is 0 Å². The maximum atomic E-state index is 11.1. The molecular weight excluding hydrogens is 252 g/mol. The first-order valence-electron chi connectivity index (χ1n) is 4.28. The molecule has 1 atom stereocenters. The zero-order chi connectivity index (χ0) is 12.3. The van der Waals surface area contributed by atoms with Crippen LogP contribution in [0.15, 0.2) is 18.2 Å². The molecule has 17 heavy (non-hydrogen) atoms. The van der Waals surface area contributed by atoms with Crippen LogP contribution in [0.4, 0.5) is 5.69 Å². The van der Waals surface area contributed by atoms with Crippen LogP contribution in [-0.2, 0) is 9.53 Å². The molecule has 0 bridgehead atoms. The van der Waals surface area contributed by atoms with E-state index in [1.165, 1.54) is 0 Å². The van der Waals surface area contributed by atoms with Crippen LogP contribution in [0.1, 0.15) is 11.6 Å². The molecule has 94 valence electrons. The Balaban J connectivity index is 0.00000256. The lowest BCUT2D eigenvalue weighted by atomic mass is 10.1. The summed E-state index contributed by atoms with van der Waals surface area (Å²) in [5.41, 5.74) is 5.16. The molecule has 0 aliphatic rings. The molecule has 0 saturated heterocycles. The highest BCUT2D eigenvalue weighted by molar-refractivity contribution is 5.85. The number of rotatable bonds is 3. The summed E-state index contributed by atoms with van der Waals surface area (Å²) in [6, 6.07) is 2.01. The fraction of sp³-hybridized carbons (Fsp3) is 0.222. The number of nitrogens with zero attached hydrogens (tertiary/aromatic N) is 1. The average molecular weight is 263 g/mol. The van der Waals surface area contributed by atoms with Crippen molar-refractivity contribution < 1.29 is 19.6 Å². The smallest absolute Gasteiger partial charge is 0.327 e. The normalized spacial score (nSPS) is 11.2. The molecule has 0 unspecified atom stereocenters. The Kier molecular flexibility index (Phi) is 5.36. The fourth-order valence-electron chi connectivity index (χ4n) is 1.16. The molecule has 7 nitrogen and oxygen atoms in total. The van der Waals surface area contributed by atoms with E-state index in [9.17, 15) is 20.0 Å². The third-order valence-corrected chi connectivity index (χ3v) is 2.01. The topological polar surface area (TPSA) is 116 Å². The summed E-state index contributed by atoms with van der Waals surface area (Å²) in [6.07, 6.45) is 0. The van der Waals surface area contributed by atoms with Gasteiger partial charge in [0.05, 0.1) is 12.0 Å². The van der Waals surface area contributed by atoms with Gasteiger partial charge in [-0.25, -0.2) is 0 Å². The molecule has 0 radical (unpaired) electrons. The lowest BCUT2D eigenvalue weighted by Crippen LogP contribution is -2.22. The van der Waals surface area contributed by atoms with Crippen molar-refractivity contribution in [2.45, 2.75) is 6.04 Å². The lowest BCUT2D eigenvalue weighted by molar-refractivity contribution is -0.384. The van der Waals surface area contributed by atoms with Gasteiger partial charge in [-0.2, -0.15) is 0 Å². The third-order valence-electron chi connectivity index (χ3n) is 2.01. The number of esters is 1. The largest absolute Gasteiger partial charge is 0.508 e. The molecule has 1 aromatic carbocycles. The standard InChI is InChI=1S/C9H10N2O5.ClH/c1-16-9(13)8(10)6-4-5(11(14)15)2-3-7(6)12;/h2-4,8,12H,10H2,1H3;1H/t8-;/m0./s1. The van der Waals surface area contributed by atoms with E-state index < -0.39 is 16.9 Å². The maximum absolute atomic E-state index is 11.1. The van der Waals surface area contributed by atoms with Gasteiger partial charge in [-0.1, -0.05) is 0 Å². The van der Waals surface area contributed by atoms with Gasteiger partial charge in [0.2, 0.25) is 0 Å². The SMILES string of the molecule is COC(=O)[C@@H](N)c1cc([N+](=O)[O-])ccc1O.Cl. The van der Waals surface area contributed by atoms with Gasteiger partial charge in [-0.3, -0.25) is 14.9 Å². The molecule has 0 aliphatic carbocycles. The molecule has 0 spiro atoms. The molecule has 8 heteroatoms. The molecule has 0 fully saturated rings. The first-order chi connectivity index (χ1) is 7.47. The summed E-state index contributed by atoms with van der Waals surface area (Å²) in [7, 11) is 1.14. The van der Waals surface area contributed by atoms with Gasteiger partial charge >= 0.3 is 5.97 Å². The molecule has 0 aliphatic heterocycles. The van der Waals surface area contributed by atoms with Crippen molar-refractivity contribution >= 4 is 24.1 Å². The minimum Gasteiger partial charge on any atom is -0.508 e.